The molecule has 2 fully saturated rings. The lowest BCUT2D eigenvalue weighted by Gasteiger charge is -2.33. The van der Waals surface area contributed by atoms with Gasteiger partial charge >= 0.3 is 0 Å². The van der Waals surface area contributed by atoms with Gasteiger partial charge in [-0.25, -0.2) is 4.39 Å². The summed E-state index contributed by atoms with van der Waals surface area (Å²) in [7, 11) is 0. The van der Waals surface area contributed by atoms with Crippen LogP contribution in [0.15, 0.2) is 24.3 Å². The van der Waals surface area contributed by atoms with E-state index in [4.69, 9.17) is 4.74 Å². The number of rotatable bonds is 6. The Morgan fingerprint density at radius 2 is 1.89 bits per heavy atom. The van der Waals surface area contributed by atoms with E-state index in [1.165, 1.54) is 12.1 Å². The lowest BCUT2D eigenvalue weighted by molar-refractivity contribution is -0.146. The Hall–Kier alpha value is -1.95. The Balaban J connectivity index is 1.67. The predicted octanol–water partition coefficient (Wildman–Crippen LogP) is 2.95. The highest BCUT2D eigenvalue weighted by Crippen LogP contribution is 2.29. The quantitative estimate of drug-likeness (QED) is 0.767. The van der Waals surface area contributed by atoms with Gasteiger partial charge in [-0.05, 0) is 42.9 Å². The molecule has 0 aromatic heterocycles. The highest BCUT2D eigenvalue weighted by Gasteiger charge is 2.37. The first-order valence-electron chi connectivity index (χ1n) is 10.0. The van der Waals surface area contributed by atoms with E-state index >= 15 is 0 Å². The Bertz CT molecular complexity index is 643. The van der Waals surface area contributed by atoms with Crippen molar-refractivity contribution in [1.29, 1.82) is 0 Å². The smallest absolute Gasteiger partial charge is 0.245 e. The number of likely N-dealkylation sites (tertiary alicyclic amines) is 1. The molecule has 0 radical (unpaired) electrons. The van der Waals surface area contributed by atoms with Gasteiger partial charge in [0.05, 0.1) is 13.2 Å². The minimum Gasteiger partial charge on any atom is -0.378 e. The molecule has 2 atom stereocenters. The minimum absolute atomic E-state index is 0.0295. The van der Waals surface area contributed by atoms with Crippen LogP contribution < -0.4 is 0 Å². The van der Waals surface area contributed by atoms with Gasteiger partial charge in [-0.2, -0.15) is 0 Å². The number of carbonyl (C=O) groups excluding carboxylic acids is 2. The highest BCUT2D eigenvalue weighted by molar-refractivity contribution is 5.88. The van der Waals surface area contributed by atoms with Crippen molar-refractivity contribution in [2.24, 2.45) is 0 Å². The van der Waals surface area contributed by atoms with Crippen molar-refractivity contribution >= 4 is 11.8 Å². The fourth-order valence-electron chi connectivity index (χ4n) is 4.11. The van der Waals surface area contributed by atoms with Crippen molar-refractivity contribution in [1.82, 2.24) is 9.80 Å². The monoisotopic (exact) mass is 376 g/mol. The lowest BCUT2D eigenvalue weighted by Crippen LogP contribution is -2.51. The van der Waals surface area contributed by atoms with E-state index in [0.717, 1.165) is 31.2 Å². The van der Waals surface area contributed by atoms with E-state index in [2.05, 4.69) is 6.92 Å². The van der Waals surface area contributed by atoms with Crippen LogP contribution in [0.3, 0.4) is 0 Å². The van der Waals surface area contributed by atoms with Crippen LogP contribution in [0.25, 0.3) is 0 Å². The summed E-state index contributed by atoms with van der Waals surface area (Å²) < 4.78 is 18.6. The maximum Gasteiger partial charge on any atom is 0.245 e. The molecule has 2 heterocycles. The molecule has 2 amide bonds. The predicted molar refractivity (Wildman–Crippen MR) is 101 cm³/mol. The first kappa shape index (κ1) is 19.8. The van der Waals surface area contributed by atoms with Crippen LogP contribution in [0.1, 0.15) is 50.5 Å². The maximum atomic E-state index is 13.2. The van der Waals surface area contributed by atoms with Crippen LogP contribution in [-0.4, -0.2) is 60.5 Å². The molecule has 1 aromatic rings. The Morgan fingerprint density at radius 3 is 2.56 bits per heavy atom. The van der Waals surface area contributed by atoms with E-state index in [1.54, 1.807) is 17.0 Å². The summed E-state index contributed by atoms with van der Waals surface area (Å²) in [6, 6.07) is 6.09. The van der Waals surface area contributed by atoms with Crippen LogP contribution in [0.2, 0.25) is 0 Å². The average molecular weight is 376 g/mol. The van der Waals surface area contributed by atoms with Gasteiger partial charge in [0.2, 0.25) is 11.8 Å². The van der Waals surface area contributed by atoms with Gasteiger partial charge in [0.1, 0.15) is 11.9 Å². The van der Waals surface area contributed by atoms with Crippen molar-refractivity contribution in [2.45, 2.75) is 51.0 Å². The van der Waals surface area contributed by atoms with Gasteiger partial charge in [-0.1, -0.05) is 25.5 Å². The number of hydrogen-bond donors (Lipinski definition) is 0. The average Bonchev–Trinajstić information content (AvgIpc) is 3.18. The third-order valence-corrected chi connectivity index (χ3v) is 5.58. The summed E-state index contributed by atoms with van der Waals surface area (Å²) in [5.41, 5.74) is 0.988. The van der Waals surface area contributed by atoms with Gasteiger partial charge in [0, 0.05) is 26.1 Å². The molecule has 27 heavy (non-hydrogen) atoms. The molecule has 0 aliphatic carbocycles. The molecule has 2 saturated heterocycles. The molecule has 148 valence electrons. The van der Waals surface area contributed by atoms with Gasteiger partial charge in [-0.15, -0.1) is 0 Å². The summed E-state index contributed by atoms with van der Waals surface area (Å²) in [5, 5.41) is 0. The van der Waals surface area contributed by atoms with Crippen LogP contribution in [0, 0.1) is 5.82 Å². The number of morpholine rings is 1. The molecule has 6 heteroatoms. The number of amides is 2. The molecule has 1 unspecified atom stereocenters. The zero-order valence-corrected chi connectivity index (χ0v) is 16.0. The van der Waals surface area contributed by atoms with Crippen molar-refractivity contribution in [3.05, 3.63) is 35.6 Å². The minimum atomic E-state index is -0.342. The number of nitrogens with zero attached hydrogens (tertiary/aromatic N) is 2. The van der Waals surface area contributed by atoms with E-state index < -0.39 is 0 Å². The van der Waals surface area contributed by atoms with Crippen molar-refractivity contribution in [3.8, 4) is 0 Å². The Kier molecular flexibility index (Phi) is 6.83. The fraction of sp³-hybridized carbons (Fsp3) is 0.619. The summed E-state index contributed by atoms with van der Waals surface area (Å²) in [6.45, 7) is 5.06. The molecule has 2 aliphatic heterocycles. The second-order valence-electron chi connectivity index (χ2n) is 7.42. The third-order valence-electron chi connectivity index (χ3n) is 5.58. The van der Waals surface area contributed by atoms with Crippen molar-refractivity contribution < 1.29 is 18.7 Å². The summed E-state index contributed by atoms with van der Waals surface area (Å²) in [6.07, 6.45) is 3.78. The highest BCUT2D eigenvalue weighted by atomic mass is 19.1. The van der Waals surface area contributed by atoms with Gasteiger partial charge in [0.15, 0.2) is 0 Å². The van der Waals surface area contributed by atoms with Crippen LogP contribution in [0.5, 0.6) is 0 Å². The second kappa shape index (κ2) is 9.31. The molecular formula is C21H29FN2O3. The Morgan fingerprint density at radius 1 is 1.19 bits per heavy atom. The summed E-state index contributed by atoms with van der Waals surface area (Å²) in [4.78, 5) is 29.5. The molecule has 0 spiro atoms. The first-order chi connectivity index (χ1) is 13.1. The SMILES string of the molecule is CCCC(CC(=O)N1CCC[C@@H]1C(=O)N1CCOCC1)c1ccc(F)cc1. The molecule has 3 rings (SSSR count). The van der Waals surface area contributed by atoms with Gasteiger partial charge in [-0.3, -0.25) is 9.59 Å². The van der Waals surface area contributed by atoms with Crippen molar-refractivity contribution in [3.63, 3.8) is 0 Å². The van der Waals surface area contributed by atoms with Crippen LogP contribution in [-0.2, 0) is 14.3 Å². The number of ether oxygens (including phenoxy) is 1. The molecule has 0 bridgehead atoms. The molecule has 0 N–H and O–H groups in total. The number of hydrogen-bond acceptors (Lipinski definition) is 3. The maximum absolute atomic E-state index is 13.2. The Labute approximate surface area is 160 Å². The molecule has 1 aromatic carbocycles. The third kappa shape index (κ3) is 4.86. The summed E-state index contributed by atoms with van der Waals surface area (Å²) in [5.74, 6) is -0.126. The second-order valence-corrected chi connectivity index (χ2v) is 7.42. The van der Waals surface area contributed by atoms with Crippen molar-refractivity contribution in [2.75, 3.05) is 32.8 Å². The van der Waals surface area contributed by atoms with Gasteiger partial charge < -0.3 is 14.5 Å². The number of halogens is 1. The van der Waals surface area contributed by atoms with E-state index in [0.29, 0.717) is 39.3 Å². The lowest BCUT2D eigenvalue weighted by atomic mass is 9.91. The van der Waals surface area contributed by atoms with E-state index in [-0.39, 0.29) is 29.6 Å². The van der Waals surface area contributed by atoms with Crippen LogP contribution in [0.4, 0.5) is 4.39 Å². The number of benzene rings is 1. The standard InChI is InChI=1S/C21H29FN2O3/c1-2-4-17(16-6-8-18(22)9-7-16)15-20(25)24-10-3-5-19(24)21(26)23-11-13-27-14-12-23/h6-9,17,19H,2-5,10-15H2,1H3/t17?,19-/m1/s1. The van der Waals surface area contributed by atoms with Crippen LogP contribution >= 0.6 is 0 Å². The van der Waals surface area contributed by atoms with E-state index in [9.17, 15) is 14.0 Å². The number of carbonyl (C=O) groups is 2. The molecular weight excluding hydrogens is 347 g/mol. The van der Waals surface area contributed by atoms with E-state index in [1.807, 2.05) is 4.90 Å². The zero-order chi connectivity index (χ0) is 19.2. The summed E-state index contributed by atoms with van der Waals surface area (Å²) >= 11 is 0. The normalized spacial score (nSPS) is 21.3. The van der Waals surface area contributed by atoms with Gasteiger partial charge in [0.25, 0.3) is 0 Å². The fourth-order valence-corrected chi connectivity index (χ4v) is 4.11. The molecule has 2 aliphatic rings. The first-order valence-corrected chi connectivity index (χ1v) is 10.0. The molecule has 0 saturated carbocycles. The topological polar surface area (TPSA) is 49.9 Å². The molecule has 5 nitrogen and oxygen atoms in total. The largest absolute Gasteiger partial charge is 0.378 e. The zero-order valence-electron chi connectivity index (χ0n) is 16.0.